The van der Waals surface area contributed by atoms with Crippen LogP contribution in [0.4, 0.5) is 0 Å². The van der Waals surface area contributed by atoms with Crippen LogP contribution in [0.25, 0.3) is 0 Å². The molecule has 0 N–H and O–H groups in total. The molecule has 0 bridgehead atoms. The monoisotopic (exact) mass is 427 g/mol. The lowest BCUT2D eigenvalue weighted by atomic mass is 9.80. The first kappa shape index (κ1) is 21.8. The quantitative estimate of drug-likeness (QED) is 0.537. The molecule has 0 aliphatic heterocycles. The Kier molecular flexibility index (Phi) is 6.32. The molecule has 0 aromatic heterocycles. The molecule has 4 nitrogen and oxygen atoms in total. The summed E-state index contributed by atoms with van der Waals surface area (Å²) in [5, 5.41) is 10.2. The number of fused-ring (bicyclic) bond motifs is 1. The zero-order valence-corrected chi connectivity index (χ0v) is 19.9. The molecule has 3 rings (SSSR count). The van der Waals surface area contributed by atoms with Crippen molar-refractivity contribution in [1.29, 1.82) is 5.26 Å². The first-order valence-electron chi connectivity index (χ1n) is 9.81. The second-order valence-electron chi connectivity index (χ2n) is 8.39. The molecule has 0 saturated carbocycles. The van der Waals surface area contributed by atoms with Gasteiger partial charge < -0.3 is 13.9 Å². The Morgan fingerprint density at radius 2 is 1.66 bits per heavy atom. The molecular formula is C23H29NO3SSi. The summed E-state index contributed by atoms with van der Waals surface area (Å²) in [6.45, 7) is 8.49. The van der Waals surface area contributed by atoms with Gasteiger partial charge in [0.1, 0.15) is 11.5 Å². The van der Waals surface area contributed by atoms with Crippen LogP contribution in [0, 0.1) is 18.3 Å². The number of thioether (sulfide) groups is 1. The minimum atomic E-state index is -1.98. The number of nitriles is 1. The van der Waals surface area contributed by atoms with E-state index >= 15 is 0 Å². The van der Waals surface area contributed by atoms with Crippen molar-refractivity contribution in [1.82, 2.24) is 0 Å². The molecule has 2 aromatic rings. The van der Waals surface area contributed by atoms with E-state index in [1.807, 2.05) is 12.1 Å². The number of ether oxygens (including phenoxy) is 2. The summed E-state index contributed by atoms with van der Waals surface area (Å²) in [5.74, 6) is 1.62. The van der Waals surface area contributed by atoms with Crippen molar-refractivity contribution in [2.24, 2.45) is 0 Å². The zero-order valence-electron chi connectivity index (χ0n) is 18.0. The summed E-state index contributed by atoms with van der Waals surface area (Å²) >= 11 is 1.68. The number of hydrogen-bond acceptors (Lipinski definition) is 5. The number of aryl methyl sites for hydroxylation is 1. The van der Waals surface area contributed by atoms with E-state index in [9.17, 15) is 5.26 Å². The molecule has 2 atom stereocenters. The molecule has 1 aliphatic rings. The minimum Gasteiger partial charge on any atom is -0.496 e. The third-order valence-electron chi connectivity index (χ3n) is 5.10. The van der Waals surface area contributed by atoms with E-state index < -0.39 is 13.9 Å². The normalized spacial score (nSPS) is 21.2. The summed E-state index contributed by atoms with van der Waals surface area (Å²) in [7, 11) is 1.38. The van der Waals surface area contributed by atoms with E-state index in [1.54, 1.807) is 26.0 Å². The van der Waals surface area contributed by atoms with Crippen molar-refractivity contribution in [3.8, 4) is 17.6 Å². The smallest absolute Gasteiger partial charge is 0.185 e. The molecule has 29 heavy (non-hydrogen) atoms. The molecule has 0 saturated heterocycles. The molecular weight excluding hydrogens is 398 g/mol. The molecule has 0 fully saturated rings. The maximum Gasteiger partial charge on any atom is 0.185 e. The molecule has 6 heteroatoms. The molecule has 0 radical (unpaired) electrons. The minimum absolute atomic E-state index is 0.212. The Hall–Kier alpha value is -1.94. The van der Waals surface area contributed by atoms with Crippen LogP contribution >= 0.6 is 11.8 Å². The van der Waals surface area contributed by atoms with Gasteiger partial charge in [0.05, 0.1) is 25.5 Å². The SMILES string of the molecule is COc1ccc(OC)c2c1CC[C@@](C#N)(O[Si](C)(C)C)C2Sc1ccc(C)cc1. The van der Waals surface area contributed by atoms with E-state index in [2.05, 4.69) is 56.9 Å². The maximum atomic E-state index is 10.4. The second-order valence-corrected chi connectivity index (χ2v) is 14.0. The molecule has 0 spiro atoms. The van der Waals surface area contributed by atoms with Crippen molar-refractivity contribution in [2.75, 3.05) is 14.2 Å². The van der Waals surface area contributed by atoms with E-state index in [0.29, 0.717) is 6.42 Å². The fraction of sp³-hybridized carbons (Fsp3) is 0.435. The Balaban J connectivity index is 2.20. The van der Waals surface area contributed by atoms with Gasteiger partial charge in [-0.1, -0.05) is 17.7 Å². The van der Waals surface area contributed by atoms with Gasteiger partial charge in [0.15, 0.2) is 13.9 Å². The van der Waals surface area contributed by atoms with Crippen LogP contribution in [0.15, 0.2) is 41.3 Å². The van der Waals surface area contributed by atoms with Crippen molar-refractivity contribution < 1.29 is 13.9 Å². The number of nitrogens with zero attached hydrogens (tertiary/aromatic N) is 1. The lowest BCUT2D eigenvalue weighted by molar-refractivity contribution is 0.0986. The van der Waals surface area contributed by atoms with Gasteiger partial charge in [-0.2, -0.15) is 5.26 Å². The van der Waals surface area contributed by atoms with E-state index in [0.717, 1.165) is 33.9 Å². The van der Waals surface area contributed by atoms with Gasteiger partial charge in [0, 0.05) is 16.0 Å². The molecule has 0 heterocycles. The van der Waals surface area contributed by atoms with Crippen LogP contribution in [0.3, 0.4) is 0 Å². The number of methoxy groups -OCH3 is 2. The molecule has 154 valence electrons. The maximum absolute atomic E-state index is 10.4. The van der Waals surface area contributed by atoms with Crippen molar-refractivity contribution in [2.45, 2.75) is 55.2 Å². The van der Waals surface area contributed by atoms with Gasteiger partial charge in [-0.3, -0.25) is 0 Å². The predicted molar refractivity (Wildman–Crippen MR) is 120 cm³/mol. The van der Waals surface area contributed by atoms with E-state index in [1.165, 1.54) is 5.56 Å². The van der Waals surface area contributed by atoms with Gasteiger partial charge in [0.25, 0.3) is 0 Å². The first-order chi connectivity index (χ1) is 13.7. The molecule has 1 unspecified atom stereocenters. The van der Waals surface area contributed by atoms with E-state index in [4.69, 9.17) is 13.9 Å². The number of benzene rings is 2. The van der Waals surface area contributed by atoms with Crippen molar-refractivity contribution >= 4 is 20.1 Å². The molecule has 0 amide bonds. The Morgan fingerprint density at radius 1 is 1.03 bits per heavy atom. The van der Waals surface area contributed by atoms with Gasteiger partial charge in [-0.25, -0.2) is 0 Å². The average Bonchev–Trinajstić information content (AvgIpc) is 2.69. The van der Waals surface area contributed by atoms with Gasteiger partial charge in [-0.05, 0) is 63.7 Å². The Labute approximate surface area is 179 Å². The highest BCUT2D eigenvalue weighted by Crippen LogP contribution is 2.55. The summed E-state index contributed by atoms with van der Waals surface area (Å²) in [5.41, 5.74) is 2.43. The number of hydrogen-bond donors (Lipinski definition) is 0. The van der Waals surface area contributed by atoms with Gasteiger partial charge in [0.2, 0.25) is 0 Å². The lowest BCUT2D eigenvalue weighted by Crippen LogP contribution is -2.47. The molecule has 1 aliphatic carbocycles. The Morgan fingerprint density at radius 3 is 2.21 bits per heavy atom. The van der Waals surface area contributed by atoms with Crippen LogP contribution in [0.1, 0.15) is 28.4 Å². The third kappa shape index (κ3) is 4.47. The van der Waals surface area contributed by atoms with Gasteiger partial charge in [-0.15, -0.1) is 11.8 Å². The first-order valence-corrected chi connectivity index (χ1v) is 14.1. The highest BCUT2D eigenvalue weighted by Gasteiger charge is 2.49. The highest BCUT2D eigenvalue weighted by atomic mass is 32.2. The summed E-state index contributed by atoms with van der Waals surface area (Å²) in [6, 6.07) is 14.9. The van der Waals surface area contributed by atoms with Crippen molar-refractivity contribution in [3.63, 3.8) is 0 Å². The fourth-order valence-corrected chi connectivity index (χ4v) is 6.70. The topological polar surface area (TPSA) is 51.5 Å². The lowest BCUT2D eigenvalue weighted by Gasteiger charge is -2.43. The zero-order chi connectivity index (χ0) is 21.2. The number of rotatable bonds is 6. The van der Waals surface area contributed by atoms with Crippen LogP contribution in [0.2, 0.25) is 19.6 Å². The second kappa shape index (κ2) is 8.43. The summed E-state index contributed by atoms with van der Waals surface area (Å²) in [6.07, 6.45) is 1.35. The Bertz CT molecular complexity index is 917. The van der Waals surface area contributed by atoms with Crippen LogP contribution in [-0.4, -0.2) is 28.1 Å². The van der Waals surface area contributed by atoms with Crippen LogP contribution < -0.4 is 9.47 Å². The predicted octanol–water partition coefficient (Wildman–Crippen LogP) is 5.91. The van der Waals surface area contributed by atoms with E-state index in [-0.39, 0.29) is 5.25 Å². The molecule has 2 aromatic carbocycles. The highest BCUT2D eigenvalue weighted by molar-refractivity contribution is 7.99. The fourth-order valence-electron chi connectivity index (χ4n) is 3.91. The van der Waals surface area contributed by atoms with Gasteiger partial charge >= 0.3 is 0 Å². The summed E-state index contributed by atoms with van der Waals surface area (Å²) < 4.78 is 18.0. The standard InChI is InChI=1S/C23H29NO3SSi/c1-16-7-9-17(10-8-16)28-22-21-18(19(25-2)11-12-20(21)26-3)13-14-23(22,15-24)27-29(4,5)6/h7-12,22H,13-14H2,1-6H3/t22?,23-/m0/s1. The van der Waals surface area contributed by atoms with Crippen molar-refractivity contribution in [3.05, 3.63) is 53.1 Å². The summed E-state index contributed by atoms with van der Waals surface area (Å²) in [4.78, 5) is 1.11. The van der Waals surface area contributed by atoms with Crippen LogP contribution in [0.5, 0.6) is 11.5 Å². The largest absolute Gasteiger partial charge is 0.496 e. The van der Waals surface area contributed by atoms with Crippen LogP contribution in [-0.2, 0) is 10.8 Å². The average molecular weight is 428 g/mol. The third-order valence-corrected chi connectivity index (χ3v) is 7.47.